The molecule has 1 N–H and O–H groups in total. The zero-order valence-electron chi connectivity index (χ0n) is 6.49. The highest BCUT2D eigenvalue weighted by molar-refractivity contribution is 7.78. The molecule has 0 saturated carbocycles. The topological polar surface area (TPSA) is 29.1 Å². The van der Waals surface area contributed by atoms with E-state index in [9.17, 15) is 4.79 Å². The van der Waals surface area contributed by atoms with Crippen molar-refractivity contribution in [3.63, 3.8) is 0 Å². The van der Waals surface area contributed by atoms with Gasteiger partial charge in [0.25, 0.3) is 0 Å². The standard InChI is InChI=1S/C9H9NOS/c11-9(10-7-12)6-8-4-2-1-3-5-8/h1-5,7H,6H2,(H,10,11,12). The summed E-state index contributed by atoms with van der Waals surface area (Å²) in [6, 6.07) is 9.53. The molecule has 1 amide bonds. The molecule has 1 aromatic carbocycles. The first-order valence-electron chi connectivity index (χ1n) is 3.60. The molecule has 0 heterocycles. The Kier molecular flexibility index (Phi) is 3.41. The van der Waals surface area contributed by atoms with E-state index in [0.717, 1.165) is 5.56 Å². The summed E-state index contributed by atoms with van der Waals surface area (Å²) in [4.78, 5) is 11.0. The summed E-state index contributed by atoms with van der Waals surface area (Å²) < 4.78 is 0. The maximum atomic E-state index is 11.0. The van der Waals surface area contributed by atoms with Gasteiger partial charge in [0.05, 0.1) is 11.9 Å². The third kappa shape index (κ3) is 2.80. The van der Waals surface area contributed by atoms with Gasteiger partial charge < -0.3 is 5.32 Å². The maximum absolute atomic E-state index is 11.0. The number of carbonyl (C=O) groups excluding carboxylic acids is 1. The second kappa shape index (κ2) is 4.62. The Labute approximate surface area is 76.6 Å². The minimum Gasteiger partial charge on any atom is -0.323 e. The molecule has 0 bridgehead atoms. The van der Waals surface area contributed by atoms with Crippen molar-refractivity contribution >= 4 is 23.6 Å². The zero-order chi connectivity index (χ0) is 8.81. The van der Waals surface area contributed by atoms with Crippen LogP contribution in [0.5, 0.6) is 0 Å². The summed E-state index contributed by atoms with van der Waals surface area (Å²) in [5, 5.41) is 2.44. The van der Waals surface area contributed by atoms with Crippen molar-refractivity contribution in [3.05, 3.63) is 35.9 Å². The van der Waals surface area contributed by atoms with Gasteiger partial charge in [-0.05, 0) is 5.56 Å². The number of nitrogens with one attached hydrogen (secondary N) is 1. The summed E-state index contributed by atoms with van der Waals surface area (Å²) in [6.45, 7) is 0. The van der Waals surface area contributed by atoms with Gasteiger partial charge in [0.2, 0.25) is 5.91 Å². The summed E-state index contributed by atoms with van der Waals surface area (Å²) in [6.07, 6.45) is 0.383. The number of amides is 1. The summed E-state index contributed by atoms with van der Waals surface area (Å²) in [5.41, 5.74) is 2.22. The molecule has 3 heteroatoms. The maximum Gasteiger partial charge on any atom is 0.228 e. The van der Waals surface area contributed by atoms with E-state index in [0.29, 0.717) is 6.42 Å². The van der Waals surface area contributed by atoms with Crippen LogP contribution in [-0.2, 0) is 11.2 Å². The first-order chi connectivity index (χ1) is 5.83. The van der Waals surface area contributed by atoms with Crippen LogP contribution < -0.4 is 5.32 Å². The summed E-state index contributed by atoms with van der Waals surface area (Å²) >= 11 is 4.49. The van der Waals surface area contributed by atoms with Crippen LogP contribution in [0.25, 0.3) is 0 Å². The molecule has 0 radical (unpaired) electrons. The number of rotatable bonds is 3. The minimum absolute atomic E-state index is 0.0730. The number of hydrogen-bond donors (Lipinski definition) is 1. The van der Waals surface area contributed by atoms with Crippen LogP contribution in [0.15, 0.2) is 30.3 Å². The number of benzene rings is 1. The molecule has 0 spiro atoms. The van der Waals surface area contributed by atoms with Crippen molar-refractivity contribution in [3.8, 4) is 0 Å². The van der Waals surface area contributed by atoms with Crippen LogP contribution in [0.4, 0.5) is 0 Å². The predicted octanol–water partition coefficient (Wildman–Crippen LogP) is 1.30. The lowest BCUT2D eigenvalue weighted by Crippen LogP contribution is -2.22. The van der Waals surface area contributed by atoms with E-state index in [1.807, 2.05) is 30.3 Å². The lowest BCUT2D eigenvalue weighted by atomic mass is 10.1. The van der Waals surface area contributed by atoms with Gasteiger partial charge in [0, 0.05) is 0 Å². The number of carbonyl (C=O) groups is 1. The predicted molar refractivity (Wildman–Crippen MR) is 51.9 cm³/mol. The quantitative estimate of drug-likeness (QED) is 0.709. The molecule has 0 atom stereocenters. The van der Waals surface area contributed by atoms with E-state index in [4.69, 9.17) is 0 Å². The third-order valence-corrected chi connectivity index (χ3v) is 1.55. The molecule has 0 aliphatic heterocycles. The molecule has 2 nitrogen and oxygen atoms in total. The first kappa shape index (κ1) is 8.87. The molecule has 0 saturated heterocycles. The van der Waals surface area contributed by atoms with Crippen LogP contribution in [0, 0.1) is 0 Å². The van der Waals surface area contributed by atoms with Crippen molar-refractivity contribution in [1.29, 1.82) is 0 Å². The Morgan fingerprint density at radius 2 is 2.08 bits per heavy atom. The second-order valence-electron chi connectivity index (χ2n) is 2.35. The van der Waals surface area contributed by atoms with Gasteiger partial charge >= 0.3 is 0 Å². The van der Waals surface area contributed by atoms with E-state index in [1.165, 1.54) is 5.49 Å². The molecule has 0 fully saturated rings. The molecule has 0 unspecified atom stereocenters. The third-order valence-electron chi connectivity index (χ3n) is 1.43. The Balaban J connectivity index is 2.52. The smallest absolute Gasteiger partial charge is 0.228 e. The Morgan fingerprint density at radius 3 is 2.67 bits per heavy atom. The molecular weight excluding hydrogens is 170 g/mol. The van der Waals surface area contributed by atoms with E-state index in [2.05, 4.69) is 17.5 Å². The van der Waals surface area contributed by atoms with Gasteiger partial charge in [0.15, 0.2) is 0 Å². The van der Waals surface area contributed by atoms with Gasteiger partial charge in [-0.1, -0.05) is 42.5 Å². The van der Waals surface area contributed by atoms with Crippen molar-refractivity contribution in [2.75, 3.05) is 0 Å². The normalized spacial score (nSPS) is 9.00. The van der Waals surface area contributed by atoms with Crippen molar-refractivity contribution < 1.29 is 4.79 Å². The van der Waals surface area contributed by atoms with E-state index in [-0.39, 0.29) is 5.91 Å². The second-order valence-corrected chi connectivity index (χ2v) is 2.58. The van der Waals surface area contributed by atoms with E-state index < -0.39 is 0 Å². The highest BCUT2D eigenvalue weighted by Crippen LogP contribution is 1.98. The highest BCUT2D eigenvalue weighted by Gasteiger charge is 1.98. The SMILES string of the molecule is O=C(Cc1ccccc1)NC=S. The minimum atomic E-state index is -0.0730. The van der Waals surface area contributed by atoms with Gasteiger partial charge in [-0.3, -0.25) is 4.79 Å². The molecule has 0 aromatic heterocycles. The van der Waals surface area contributed by atoms with Gasteiger partial charge in [-0.2, -0.15) is 0 Å². The van der Waals surface area contributed by atoms with Crippen LogP contribution >= 0.6 is 12.2 Å². The van der Waals surface area contributed by atoms with Crippen LogP contribution in [-0.4, -0.2) is 11.4 Å². The Morgan fingerprint density at radius 1 is 1.42 bits per heavy atom. The van der Waals surface area contributed by atoms with Crippen molar-refractivity contribution in [1.82, 2.24) is 5.32 Å². The zero-order valence-corrected chi connectivity index (χ0v) is 7.30. The molecule has 0 aliphatic carbocycles. The lowest BCUT2D eigenvalue weighted by Gasteiger charge is -1.98. The molecule has 12 heavy (non-hydrogen) atoms. The summed E-state index contributed by atoms with van der Waals surface area (Å²) in [5.74, 6) is -0.0730. The lowest BCUT2D eigenvalue weighted by molar-refractivity contribution is -0.118. The van der Waals surface area contributed by atoms with Crippen LogP contribution in [0.2, 0.25) is 0 Å². The first-order valence-corrected chi connectivity index (χ1v) is 4.07. The fraction of sp³-hybridized carbons (Fsp3) is 0.111. The van der Waals surface area contributed by atoms with Crippen LogP contribution in [0.1, 0.15) is 5.56 Å². The number of hydrogen-bond acceptors (Lipinski definition) is 2. The monoisotopic (exact) mass is 179 g/mol. The molecular formula is C9H9NOS. The Bertz CT molecular complexity index is 271. The van der Waals surface area contributed by atoms with Gasteiger partial charge in [-0.15, -0.1) is 0 Å². The fourth-order valence-electron chi connectivity index (χ4n) is 0.898. The summed E-state index contributed by atoms with van der Waals surface area (Å²) in [7, 11) is 0. The van der Waals surface area contributed by atoms with Crippen molar-refractivity contribution in [2.24, 2.45) is 0 Å². The average molecular weight is 179 g/mol. The van der Waals surface area contributed by atoms with E-state index in [1.54, 1.807) is 0 Å². The molecule has 1 rings (SSSR count). The van der Waals surface area contributed by atoms with Crippen molar-refractivity contribution in [2.45, 2.75) is 6.42 Å². The largest absolute Gasteiger partial charge is 0.323 e. The fourth-order valence-corrected chi connectivity index (χ4v) is 1.03. The van der Waals surface area contributed by atoms with Crippen LogP contribution in [0.3, 0.4) is 0 Å². The number of thiocarbonyl (C=S) groups is 1. The molecule has 1 aromatic rings. The van der Waals surface area contributed by atoms with Gasteiger partial charge in [0.1, 0.15) is 0 Å². The molecule has 62 valence electrons. The van der Waals surface area contributed by atoms with E-state index >= 15 is 0 Å². The highest BCUT2D eigenvalue weighted by atomic mass is 32.1. The molecule has 0 aliphatic rings. The average Bonchev–Trinajstić information content (AvgIpc) is 2.06. The van der Waals surface area contributed by atoms with Gasteiger partial charge in [-0.25, -0.2) is 0 Å². The Hall–Kier alpha value is -1.22.